The second kappa shape index (κ2) is 7.11. The van der Waals surface area contributed by atoms with Crippen LogP contribution in [0.2, 0.25) is 0 Å². The van der Waals surface area contributed by atoms with Gasteiger partial charge in [-0.25, -0.2) is 4.79 Å². The molecule has 0 radical (unpaired) electrons. The molecule has 2 heterocycles. The molecule has 1 aliphatic carbocycles. The minimum Gasteiger partial charge on any atom is -0.455 e. The number of carbonyl (C=O) groups excluding carboxylic acids is 2. The summed E-state index contributed by atoms with van der Waals surface area (Å²) >= 11 is 0. The van der Waals surface area contributed by atoms with Crippen molar-refractivity contribution in [3.05, 3.63) is 39.4 Å². The van der Waals surface area contributed by atoms with Gasteiger partial charge in [0, 0.05) is 17.0 Å². The van der Waals surface area contributed by atoms with E-state index in [9.17, 15) is 14.7 Å². The lowest BCUT2D eigenvalue weighted by Gasteiger charge is -2.27. The van der Waals surface area contributed by atoms with E-state index in [4.69, 9.17) is 4.74 Å². The number of H-pyrrole nitrogens is 1. The standard InChI is InChI=1S/C20H26N2O4/c1-10-12(3)18(20(25)26-17-8-6-5-7-16(17)23)21-14(10)9-15-11(2)13(4)19(24)22-15/h9,16-17,21,23H,5-8H2,1-4H3,(H,22,24)/b15-9-/t16-,17+/m0/s1. The molecule has 2 atom stereocenters. The summed E-state index contributed by atoms with van der Waals surface area (Å²) in [5, 5.41) is 12.9. The minimum absolute atomic E-state index is 0.0967. The van der Waals surface area contributed by atoms with E-state index in [0.717, 1.165) is 40.9 Å². The molecular formula is C20H26N2O4. The molecule has 26 heavy (non-hydrogen) atoms. The van der Waals surface area contributed by atoms with E-state index in [1.165, 1.54) is 0 Å². The summed E-state index contributed by atoms with van der Waals surface area (Å²) < 4.78 is 5.54. The summed E-state index contributed by atoms with van der Waals surface area (Å²) in [6.07, 6.45) is 4.10. The van der Waals surface area contributed by atoms with Gasteiger partial charge >= 0.3 is 5.97 Å². The number of rotatable bonds is 3. The lowest BCUT2D eigenvalue weighted by Crippen LogP contribution is -2.34. The maximum absolute atomic E-state index is 12.6. The molecule has 1 saturated carbocycles. The zero-order valence-electron chi connectivity index (χ0n) is 15.7. The highest BCUT2D eigenvalue weighted by Gasteiger charge is 2.29. The SMILES string of the molecule is CC1=C(C)/C(=C/c2[nH]c(C(=O)O[C@@H]3CCCC[C@@H]3O)c(C)c2C)NC1=O. The van der Waals surface area contributed by atoms with Gasteiger partial charge in [0.1, 0.15) is 11.8 Å². The first-order valence-electron chi connectivity index (χ1n) is 9.08. The largest absolute Gasteiger partial charge is 0.455 e. The summed E-state index contributed by atoms with van der Waals surface area (Å²) in [7, 11) is 0. The van der Waals surface area contributed by atoms with Gasteiger partial charge in [-0.1, -0.05) is 6.42 Å². The number of hydrogen-bond acceptors (Lipinski definition) is 4. The fraction of sp³-hybridized carbons (Fsp3) is 0.500. The molecule has 6 heteroatoms. The molecule has 2 aliphatic rings. The van der Waals surface area contributed by atoms with E-state index in [1.54, 1.807) is 6.92 Å². The minimum atomic E-state index is -0.588. The Morgan fingerprint density at radius 2 is 1.81 bits per heavy atom. The highest BCUT2D eigenvalue weighted by atomic mass is 16.6. The van der Waals surface area contributed by atoms with Gasteiger partial charge in [0.05, 0.1) is 6.10 Å². The predicted molar refractivity (Wildman–Crippen MR) is 98.4 cm³/mol. The van der Waals surface area contributed by atoms with Crippen LogP contribution in [-0.2, 0) is 9.53 Å². The van der Waals surface area contributed by atoms with Crippen molar-refractivity contribution in [2.45, 2.75) is 65.6 Å². The lowest BCUT2D eigenvalue weighted by atomic mass is 9.95. The quantitative estimate of drug-likeness (QED) is 0.725. The van der Waals surface area contributed by atoms with E-state index in [1.807, 2.05) is 26.8 Å². The van der Waals surface area contributed by atoms with Crippen LogP contribution >= 0.6 is 0 Å². The normalized spacial score (nSPS) is 25.0. The van der Waals surface area contributed by atoms with Crippen molar-refractivity contribution in [2.75, 3.05) is 0 Å². The topological polar surface area (TPSA) is 91.4 Å². The van der Waals surface area contributed by atoms with Crippen molar-refractivity contribution in [1.82, 2.24) is 10.3 Å². The third kappa shape index (κ3) is 3.33. The summed E-state index contributed by atoms with van der Waals surface area (Å²) in [4.78, 5) is 27.5. The molecule has 3 N–H and O–H groups in total. The molecule has 1 aliphatic heterocycles. The van der Waals surface area contributed by atoms with Gasteiger partial charge in [-0.05, 0) is 69.7 Å². The van der Waals surface area contributed by atoms with Gasteiger partial charge in [0.2, 0.25) is 0 Å². The molecule has 0 unspecified atom stereocenters. The van der Waals surface area contributed by atoms with Crippen LogP contribution in [0, 0.1) is 13.8 Å². The van der Waals surface area contributed by atoms with Crippen molar-refractivity contribution in [3.8, 4) is 0 Å². The van der Waals surface area contributed by atoms with E-state index >= 15 is 0 Å². The lowest BCUT2D eigenvalue weighted by molar-refractivity contribution is -0.116. The Bertz CT molecular complexity index is 816. The number of aliphatic hydroxyl groups is 1. The van der Waals surface area contributed by atoms with E-state index in [-0.39, 0.29) is 5.91 Å². The Morgan fingerprint density at radius 3 is 2.42 bits per heavy atom. The van der Waals surface area contributed by atoms with Gasteiger partial charge in [0.25, 0.3) is 5.91 Å². The molecule has 1 fully saturated rings. The molecule has 1 amide bonds. The smallest absolute Gasteiger partial charge is 0.355 e. The maximum atomic E-state index is 12.6. The fourth-order valence-electron chi connectivity index (χ4n) is 3.44. The number of nitrogens with one attached hydrogen (secondary N) is 2. The Hall–Kier alpha value is -2.34. The Labute approximate surface area is 153 Å². The van der Waals surface area contributed by atoms with Crippen molar-refractivity contribution in [3.63, 3.8) is 0 Å². The molecule has 6 nitrogen and oxygen atoms in total. The first kappa shape index (κ1) is 18.5. The highest BCUT2D eigenvalue weighted by Crippen LogP contribution is 2.27. The molecule has 3 rings (SSSR count). The second-order valence-corrected chi connectivity index (χ2v) is 7.22. The van der Waals surface area contributed by atoms with Crippen LogP contribution in [0.1, 0.15) is 66.8 Å². The number of ether oxygens (including phenoxy) is 1. The summed E-state index contributed by atoms with van der Waals surface area (Å²) in [5.74, 6) is -0.541. The van der Waals surface area contributed by atoms with Gasteiger partial charge in [-0.2, -0.15) is 0 Å². The summed E-state index contributed by atoms with van der Waals surface area (Å²) in [5.41, 5.74) is 5.24. The van der Waals surface area contributed by atoms with Crippen LogP contribution in [-0.4, -0.2) is 34.2 Å². The van der Waals surface area contributed by atoms with E-state index in [0.29, 0.717) is 24.1 Å². The molecule has 1 aromatic heterocycles. The van der Waals surface area contributed by atoms with Crippen molar-refractivity contribution in [1.29, 1.82) is 0 Å². The van der Waals surface area contributed by atoms with E-state index in [2.05, 4.69) is 10.3 Å². The molecular weight excluding hydrogens is 332 g/mol. The van der Waals surface area contributed by atoms with Crippen LogP contribution in [0.5, 0.6) is 0 Å². The zero-order chi connectivity index (χ0) is 19.0. The highest BCUT2D eigenvalue weighted by molar-refractivity contribution is 6.00. The first-order valence-corrected chi connectivity index (χ1v) is 9.08. The predicted octanol–water partition coefficient (Wildman–Crippen LogP) is 2.90. The van der Waals surface area contributed by atoms with Gasteiger partial charge in [-0.15, -0.1) is 0 Å². The monoisotopic (exact) mass is 358 g/mol. The number of hydrogen-bond donors (Lipinski definition) is 3. The number of aromatic amines is 1. The van der Waals surface area contributed by atoms with Crippen molar-refractivity contribution < 1.29 is 19.4 Å². The number of carbonyl (C=O) groups is 2. The number of aromatic nitrogens is 1. The molecule has 140 valence electrons. The second-order valence-electron chi connectivity index (χ2n) is 7.22. The van der Waals surface area contributed by atoms with Crippen molar-refractivity contribution in [2.24, 2.45) is 0 Å². The Kier molecular flexibility index (Phi) is 5.05. The number of amides is 1. The Morgan fingerprint density at radius 1 is 1.12 bits per heavy atom. The van der Waals surface area contributed by atoms with Gasteiger partial charge in [0.15, 0.2) is 0 Å². The van der Waals surface area contributed by atoms with Crippen LogP contribution in [0.3, 0.4) is 0 Å². The summed E-state index contributed by atoms with van der Waals surface area (Å²) in [6.45, 7) is 7.47. The number of esters is 1. The maximum Gasteiger partial charge on any atom is 0.355 e. The fourth-order valence-corrected chi connectivity index (χ4v) is 3.44. The molecule has 0 bridgehead atoms. The van der Waals surface area contributed by atoms with Crippen LogP contribution < -0.4 is 5.32 Å². The van der Waals surface area contributed by atoms with Crippen LogP contribution in [0.4, 0.5) is 0 Å². The molecule has 0 saturated heterocycles. The third-order valence-corrected chi connectivity index (χ3v) is 5.58. The van der Waals surface area contributed by atoms with Gasteiger partial charge < -0.3 is 20.1 Å². The summed E-state index contributed by atoms with van der Waals surface area (Å²) in [6, 6.07) is 0. The number of aliphatic hydroxyl groups excluding tert-OH is 1. The zero-order valence-corrected chi connectivity index (χ0v) is 15.7. The van der Waals surface area contributed by atoms with Crippen molar-refractivity contribution >= 4 is 18.0 Å². The molecule has 0 spiro atoms. The molecule has 1 aromatic rings. The average molecular weight is 358 g/mol. The average Bonchev–Trinajstić information content (AvgIpc) is 3.02. The van der Waals surface area contributed by atoms with Gasteiger partial charge in [-0.3, -0.25) is 4.79 Å². The third-order valence-electron chi connectivity index (χ3n) is 5.58. The Balaban J connectivity index is 1.84. The van der Waals surface area contributed by atoms with E-state index < -0.39 is 18.2 Å². The molecule has 0 aromatic carbocycles. The van der Waals surface area contributed by atoms with Crippen LogP contribution in [0.15, 0.2) is 16.8 Å². The number of allylic oxidation sites excluding steroid dienone is 1. The first-order chi connectivity index (χ1) is 12.3. The van der Waals surface area contributed by atoms with Crippen LogP contribution in [0.25, 0.3) is 6.08 Å².